The average molecular weight is 342 g/mol. The molecule has 1 N–H and O–H groups in total. The van der Waals surface area contributed by atoms with Gasteiger partial charge in [0, 0.05) is 18.8 Å². The number of hydrogen-bond acceptors (Lipinski definition) is 3. The number of aromatic nitrogens is 2. The number of anilines is 1. The fourth-order valence-electron chi connectivity index (χ4n) is 3.67. The molecule has 1 saturated heterocycles. The monoisotopic (exact) mass is 342 g/mol. The Labute approximate surface area is 153 Å². The minimum Gasteiger partial charge on any atom is -0.371 e. The molecule has 0 saturated carbocycles. The van der Waals surface area contributed by atoms with Crippen molar-refractivity contribution < 1.29 is 0 Å². The number of nitrogens with zero attached hydrogens (tertiary/aromatic N) is 3. The summed E-state index contributed by atoms with van der Waals surface area (Å²) < 4.78 is 0. The molecule has 26 heavy (non-hydrogen) atoms. The van der Waals surface area contributed by atoms with Gasteiger partial charge in [0.05, 0.1) is 16.6 Å². The van der Waals surface area contributed by atoms with Crippen LogP contribution >= 0.6 is 0 Å². The summed E-state index contributed by atoms with van der Waals surface area (Å²) in [7, 11) is 0. The molecule has 0 radical (unpaired) electrons. The third kappa shape index (κ3) is 2.86. The van der Waals surface area contributed by atoms with Crippen LogP contribution in [-0.2, 0) is 0 Å². The molecule has 4 nitrogen and oxygen atoms in total. The highest BCUT2D eigenvalue weighted by molar-refractivity contribution is 5.91. The summed E-state index contributed by atoms with van der Waals surface area (Å²) in [5.74, 6) is 0.620. The normalized spacial score (nSPS) is 14.8. The lowest BCUT2D eigenvalue weighted by Crippen LogP contribution is -2.19. The van der Waals surface area contributed by atoms with E-state index in [9.17, 15) is 5.26 Å². The third-order valence-electron chi connectivity index (χ3n) is 5.31. The van der Waals surface area contributed by atoms with Gasteiger partial charge in [-0.05, 0) is 67.7 Å². The second-order valence-electron chi connectivity index (χ2n) is 6.89. The number of imidazole rings is 1. The number of allylic oxidation sites excluding steroid dienone is 1. The highest BCUT2D eigenvalue weighted by Gasteiger charge is 2.16. The molecular weight excluding hydrogens is 320 g/mol. The van der Waals surface area contributed by atoms with E-state index in [0.717, 1.165) is 29.7 Å². The molecule has 4 rings (SSSR count). The van der Waals surface area contributed by atoms with Gasteiger partial charge >= 0.3 is 0 Å². The number of hydrogen-bond donors (Lipinski definition) is 1. The summed E-state index contributed by atoms with van der Waals surface area (Å²) in [6.07, 6.45) is 4.48. The first-order valence-corrected chi connectivity index (χ1v) is 9.09. The first-order valence-electron chi connectivity index (χ1n) is 9.09. The highest BCUT2D eigenvalue weighted by Crippen LogP contribution is 2.30. The Morgan fingerprint density at radius 2 is 1.88 bits per heavy atom. The molecule has 2 aromatic carbocycles. The molecule has 130 valence electrons. The maximum Gasteiger partial charge on any atom is 0.149 e. The fraction of sp³-hybridized carbons (Fsp3) is 0.273. The van der Waals surface area contributed by atoms with E-state index in [0.29, 0.717) is 11.4 Å². The van der Waals surface area contributed by atoms with Crippen LogP contribution < -0.4 is 4.90 Å². The van der Waals surface area contributed by atoms with E-state index in [2.05, 4.69) is 46.9 Å². The van der Waals surface area contributed by atoms with E-state index in [1.807, 2.05) is 30.3 Å². The first kappa shape index (κ1) is 16.4. The van der Waals surface area contributed by atoms with Gasteiger partial charge in [-0.15, -0.1) is 0 Å². The smallest absolute Gasteiger partial charge is 0.149 e. The number of H-pyrrole nitrogens is 1. The van der Waals surface area contributed by atoms with Crippen molar-refractivity contribution >= 4 is 28.4 Å². The van der Waals surface area contributed by atoms with Crippen molar-refractivity contribution in [3.63, 3.8) is 0 Å². The lowest BCUT2D eigenvalue weighted by molar-refractivity contribution is 0.949. The van der Waals surface area contributed by atoms with Gasteiger partial charge in [-0.25, -0.2) is 4.98 Å². The van der Waals surface area contributed by atoms with Crippen LogP contribution in [0.2, 0.25) is 0 Å². The Hall–Kier alpha value is -3.06. The highest BCUT2D eigenvalue weighted by atomic mass is 15.1. The molecule has 0 spiro atoms. The third-order valence-corrected chi connectivity index (χ3v) is 5.31. The SMILES string of the molecule is Cc1c(/C=C(/C#N)c2nc3ccccc3[nH]2)ccc(N2CCCC2)c1C. The molecule has 1 fully saturated rings. The van der Waals surface area contributed by atoms with Crippen molar-refractivity contribution in [1.82, 2.24) is 9.97 Å². The minimum atomic E-state index is 0.553. The largest absolute Gasteiger partial charge is 0.371 e. The predicted octanol–water partition coefficient (Wildman–Crippen LogP) is 4.84. The van der Waals surface area contributed by atoms with Crippen molar-refractivity contribution in [1.29, 1.82) is 5.26 Å². The van der Waals surface area contributed by atoms with Crippen molar-refractivity contribution in [3.8, 4) is 6.07 Å². The van der Waals surface area contributed by atoms with Crippen LogP contribution in [-0.4, -0.2) is 23.1 Å². The number of benzene rings is 2. The van der Waals surface area contributed by atoms with Crippen LogP contribution in [0.1, 0.15) is 35.4 Å². The summed E-state index contributed by atoms with van der Waals surface area (Å²) in [4.78, 5) is 10.3. The Bertz CT molecular complexity index is 997. The van der Waals surface area contributed by atoms with Gasteiger partial charge in [-0.2, -0.15) is 5.26 Å². The molecule has 1 aliphatic rings. The Kier molecular flexibility index (Phi) is 4.22. The van der Waals surface area contributed by atoms with Gasteiger partial charge in [0.1, 0.15) is 11.9 Å². The van der Waals surface area contributed by atoms with Gasteiger partial charge in [0.2, 0.25) is 0 Å². The summed E-state index contributed by atoms with van der Waals surface area (Å²) >= 11 is 0. The lowest BCUT2D eigenvalue weighted by Gasteiger charge is -2.22. The number of para-hydroxylation sites is 2. The van der Waals surface area contributed by atoms with Crippen LogP contribution in [0.3, 0.4) is 0 Å². The fourth-order valence-corrected chi connectivity index (χ4v) is 3.67. The number of fused-ring (bicyclic) bond motifs is 1. The van der Waals surface area contributed by atoms with E-state index < -0.39 is 0 Å². The van der Waals surface area contributed by atoms with Gasteiger partial charge in [-0.3, -0.25) is 0 Å². The van der Waals surface area contributed by atoms with Gasteiger partial charge in [0.15, 0.2) is 0 Å². The van der Waals surface area contributed by atoms with E-state index in [4.69, 9.17) is 0 Å². The van der Waals surface area contributed by atoms with Crippen LogP contribution in [0.25, 0.3) is 22.7 Å². The van der Waals surface area contributed by atoms with Crippen LogP contribution in [0.5, 0.6) is 0 Å². The quantitative estimate of drug-likeness (QED) is 0.693. The van der Waals surface area contributed by atoms with E-state index in [-0.39, 0.29) is 0 Å². The molecular formula is C22H22N4. The van der Waals surface area contributed by atoms with Crippen molar-refractivity contribution in [3.05, 3.63) is 58.9 Å². The van der Waals surface area contributed by atoms with Crippen molar-refractivity contribution in [2.75, 3.05) is 18.0 Å². The molecule has 1 aromatic heterocycles. The second kappa shape index (κ2) is 6.68. The zero-order chi connectivity index (χ0) is 18.1. The van der Waals surface area contributed by atoms with E-state index in [1.165, 1.54) is 29.7 Å². The number of aromatic amines is 1. The number of rotatable bonds is 3. The molecule has 0 bridgehead atoms. The maximum absolute atomic E-state index is 9.67. The van der Waals surface area contributed by atoms with Crippen molar-refractivity contribution in [2.45, 2.75) is 26.7 Å². The topological polar surface area (TPSA) is 55.7 Å². The van der Waals surface area contributed by atoms with Gasteiger partial charge in [-0.1, -0.05) is 18.2 Å². The molecule has 0 amide bonds. The lowest BCUT2D eigenvalue weighted by atomic mass is 9.99. The minimum absolute atomic E-state index is 0.553. The van der Waals surface area contributed by atoms with Crippen LogP contribution in [0, 0.1) is 25.2 Å². The summed E-state index contributed by atoms with van der Waals surface area (Å²) in [5, 5.41) is 9.67. The van der Waals surface area contributed by atoms with Crippen LogP contribution in [0.4, 0.5) is 5.69 Å². The first-order chi connectivity index (χ1) is 12.7. The summed E-state index contributed by atoms with van der Waals surface area (Å²) in [6, 6.07) is 14.4. The molecule has 4 heteroatoms. The van der Waals surface area contributed by atoms with E-state index in [1.54, 1.807) is 0 Å². The van der Waals surface area contributed by atoms with E-state index >= 15 is 0 Å². The molecule has 0 unspecified atom stereocenters. The molecule has 3 aromatic rings. The van der Waals surface area contributed by atoms with Gasteiger partial charge < -0.3 is 9.88 Å². The summed E-state index contributed by atoms with van der Waals surface area (Å²) in [6.45, 7) is 6.58. The summed E-state index contributed by atoms with van der Waals surface area (Å²) in [5.41, 5.74) is 7.28. The molecule has 0 aliphatic carbocycles. The number of nitriles is 1. The van der Waals surface area contributed by atoms with Gasteiger partial charge in [0.25, 0.3) is 0 Å². The molecule has 2 heterocycles. The Morgan fingerprint density at radius 3 is 2.62 bits per heavy atom. The van der Waals surface area contributed by atoms with Crippen molar-refractivity contribution in [2.24, 2.45) is 0 Å². The molecule has 0 atom stereocenters. The zero-order valence-electron chi connectivity index (χ0n) is 15.2. The predicted molar refractivity (Wildman–Crippen MR) is 107 cm³/mol. The second-order valence-corrected chi connectivity index (χ2v) is 6.89. The Balaban J connectivity index is 1.73. The van der Waals surface area contributed by atoms with Crippen LogP contribution in [0.15, 0.2) is 36.4 Å². The Morgan fingerprint density at radius 1 is 1.12 bits per heavy atom. The maximum atomic E-state index is 9.67. The standard InChI is InChI=1S/C22H22N4/c1-15-16(2)21(26-11-5-6-12-26)10-9-17(15)13-18(14-23)22-24-19-7-3-4-8-20(19)25-22/h3-4,7-10,13H,5-6,11-12H2,1-2H3,(H,24,25)/b18-13-. The average Bonchev–Trinajstić information content (AvgIpc) is 3.32. The number of nitrogens with one attached hydrogen (secondary N) is 1. The molecule has 1 aliphatic heterocycles. The zero-order valence-corrected chi connectivity index (χ0v) is 15.2.